The molecule has 0 amide bonds. The van der Waals surface area contributed by atoms with E-state index < -0.39 is 0 Å². The quantitative estimate of drug-likeness (QED) is 0.162. The lowest BCUT2D eigenvalue weighted by molar-refractivity contribution is 0.229. The number of rotatable bonds is 7. The van der Waals surface area contributed by atoms with Crippen molar-refractivity contribution in [3.63, 3.8) is 0 Å². The second-order valence-corrected chi connectivity index (χ2v) is 16.0. The average Bonchev–Trinajstić information content (AvgIpc) is 3.94. The summed E-state index contributed by atoms with van der Waals surface area (Å²) in [4.78, 5) is 6.33. The molecule has 3 heterocycles. The summed E-state index contributed by atoms with van der Waals surface area (Å²) in [5, 5.41) is 0.340. The van der Waals surface area contributed by atoms with Gasteiger partial charge < -0.3 is 14.5 Å². The number of hydrogen-bond donors (Lipinski definition) is 0. The number of nitrogens with zero attached hydrogens (tertiary/aromatic N) is 2. The van der Waals surface area contributed by atoms with Crippen molar-refractivity contribution < 1.29 is 4.74 Å². The van der Waals surface area contributed by atoms with Crippen molar-refractivity contribution in [3.05, 3.63) is 217 Å². The van der Waals surface area contributed by atoms with Crippen LogP contribution in [0.4, 0.5) is 22.7 Å². The standard InChI is InChI=1S/C52H38N2OS/c1-3-11-35(12-4-1)36-19-21-37(22-20-36)38-23-29-42(30-24-38)53(41-13-5-2-6-14-41)43-31-25-39(26-32-43)40-27-33-44(34-28-40)54-49-45-15-7-9-17-47(45)55-51(49)52-50(54)46-16-8-10-18-48(46)56-52/h1-34,49-52H. The molecule has 11 rings (SSSR count). The second kappa shape index (κ2) is 13.7. The highest BCUT2D eigenvalue weighted by molar-refractivity contribution is 8.00. The van der Waals surface area contributed by atoms with Crippen LogP contribution in [-0.2, 0) is 0 Å². The van der Waals surface area contributed by atoms with Gasteiger partial charge in [-0.2, -0.15) is 0 Å². The van der Waals surface area contributed by atoms with Crippen LogP contribution >= 0.6 is 11.8 Å². The lowest BCUT2D eigenvalue weighted by Gasteiger charge is -2.31. The van der Waals surface area contributed by atoms with Gasteiger partial charge in [0.2, 0.25) is 0 Å². The first-order valence-corrected chi connectivity index (χ1v) is 20.3. The summed E-state index contributed by atoms with van der Waals surface area (Å²) < 4.78 is 6.69. The molecule has 0 radical (unpaired) electrons. The average molecular weight is 739 g/mol. The Balaban J connectivity index is 0.876. The van der Waals surface area contributed by atoms with E-state index in [9.17, 15) is 0 Å². The fraction of sp³-hybridized carbons (Fsp3) is 0.0769. The van der Waals surface area contributed by atoms with Gasteiger partial charge in [-0.25, -0.2) is 0 Å². The summed E-state index contributed by atoms with van der Waals surface area (Å²) in [5.41, 5.74) is 14.5. The number of thioether (sulfide) groups is 1. The van der Waals surface area contributed by atoms with Crippen LogP contribution in [0.1, 0.15) is 23.2 Å². The SMILES string of the molecule is c1ccc(-c2ccc(-c3ccc(N(c4ccccc4)c4ccc(-c5ccc(N6C7c8ccccc8OC7C7Sc8ccccc8C76)cc5)cc4)cc3)cc2)cc1. The van der Waals surface area contributed by atoms with Gasteiger partial charge in [-0.1, -0.05) is 146 Å². The van der Waals surface area contributed by atoms with Gasteiger partial charge in [0.05, 0.1) is 17.3 Å². The van der Waals surface area contributed by atoms with E-state index in [1.165, 1.54) is 55.1 Å². The Hall–Kier alpha value is -6.49. The molecule has 8 aromatic carbocycles. The maximum absolute atomic E-state index is 6.69. The molecule has 4 heteroatoms. The summed E-state index contributed by atoms with van der Waals surface area (Å²) >= 11 is 1.98. The molecular formula is C52H38N2OS. The predicted molar refractivity (Wildman–Crippen MR) is 232 cm³/mol. The normalized spacial score (nSPS) is 18.8. The molecule has 0 spiro atoms. The lowest BCUT2D eigenvalue weighted by Crippen LogP contribution is -2.27. The molecule has 0 saturated carbocycles. The fourth-order valence-corrected chi connectivity index (χ4v) is 10.5. The van der Waals surface area contributed by atoms with Gasteiger partial charge in [0.1, 0.15) is 11.9 Å². The van der Waals surface area contributed by atoms with Crippen molar-refractivity contribution in [2.75, 3.05) is 9.80 Å². The topological polar surface area (TPSA) is 15.7 Å². The first-order chi connectivity index (χ1) is 27.8. The predicted octanol–water partition coefficient (Wildman–Crippen LogP) is 13.7. The van der Waals surface area contributed by atoms with E-state index in [-0.39, 0.29) is 18.2 Å². The van der Waals surface area contributed by atoms with Crippen molar-refractivity contribution in [3.8, 4) is 39.1 Å². The Bertz CT molecular complexity index is 2580. The van der Waals surface area contributed by atoms with Crippen molar-refractivity contribution in [2.24, 2.45) is 0 Å². The smallest absolute Gasteiger partial charge is 0.138 e. The zero-order valence-corrected chi connectivity index (χ0v) is 31.5. The molecule has 268 valence electrons. The van der Waals surface area contributed by atoms with Crippen molar-refractivity contribution in [2.45, 2.75) is 28.3 Å². The Morgan fingerprint density at radius 3 is 1.45 bits per heavy atom. The molecule has 4 atom stereocenters. The molecule has 1 fully saturated rings. The minimum absolute atomic E-state index is 0.109. The largest absolute Gasteiger partial charge is 0.486 e. The van der Waals surface area contributed by atoms with E-state index in [2.05, 4.69) is 216 Å². The number of para-hydroxylation sites is 2. The van der Waals surface area contributed by atoms with Crippen LogP contribution in [0.15, 0.2) is 211 Å². The number of anilines is 4. The first kappa shape index (κ1) is 32.9. The Morgan fingerprint density at radius 1 is 0.393 bits per heavy atom. The second-order valence-electron chi connectivity index (χ2n) is 14.8. The van der Waals surface area contributed by atoms with Gasteiger partial charge in [0.15, 0.2) is 0 Å². The van der Waals surface area contributed by atoms with Crippen LogP contribution in [0.2, 0.25) is 0 Å². The molecule has 0 N–H and O–H groups in total. The van der Waals surface area contributed by atoms with E-state index in [0.717, 1.165) is 22.8 Å². The summed E-state index contributed by atoms with van der Waals surface area (Å²) in [6.45, 7) is 0. The number of ether oxygens (including phenoxy) is 1. The van der Waals surface area contributed by atoms with Gasteiger partial charge in [0, 0.05) is 33.2 Å². The van der Waals surface area contributed by atoms with Crippen LogP contribution in [0.3, 0.4) is 0 Å². The number of hydrogen-bond acceptors (Lipinski definition) is 4. The fourth-order valence-electron chi connectivity index (χ4n) is 8.99. The molecule has 8 aromatic rings. The van der Waals surface area contributed by atoms with Gasteiger partial charge in [-0.15, -0.1) is 11.8 Å². The van der Waals surface area contributed by atoms with Crippen molar-refractivity contribution >= 4 is 34.5 Å². The summed E-state index contributed by atoms with van der Waals surface area (Å²) in [7, 11) is 0. The highest BCUT2D eigenvalue weighted by Gasteiger charge is 2.58. The maximum atomic E-state index is 6.69. The first-order valence-electron chi connectivity index (χ1n) is 19.4. The van der Waals surface area contributed by atoms with E-state index in [1.54, 1.807) is 0 Å². The summed E-state index contributed by atoms with van der Waals surface area (Å²) in [6.07, 6.45) is 0.109. The number of benzene rings is 8. The molecule has 0 aliphatic carbocycles. The van der Waals surface area contributed by atoms with Crippen LogP contribution in [0.5, 0.6) is 5.75 Å². The van der Waals surface area contributed by atoms with E-state index in [0.29, 0.717) is 5.25 Å². The van der Waals surface area contributed by atoms with Gasteiger partial charge >= 0.3 is 0 Å². The highest BCUT2D eigenvalue weighted by Crippen LogP contribution is 2.62. The zero-order chi connectivity index (χ0) is 37.0. The third-order valence-corrected chi connectivity index (χ3v) is 13.1. The van der Waals surface area contributed by atoms with Crippen LogP contribution < -0.4 is 14.5 Å². The minimum Gasteiger partial charge on any atom is -0.486 e. The Labute approximate surface area is 332 Å². The third-order valence-electron chi connectivity index (χ3n) is 11.6. The molecule has 4 unspecified atom stereocenters. The van der Waals surface area contributed by atoms with Gasteiger partial charge in [-0.3, -0.25) is 0 Å². The zero-order valence-electron chi connectivity index (χ0n) is 30.7. The Kier molecular flexibility index (Phi) is 8.03. The molecule has 0 bridgehead atoms. The molecule has 56 heavy (non-hydrogen) atoms. The van der Waals surface area contributed by atoms with E-state index in [1.807, 2.05) is 11.8 Å². The molecule has 3 aliphatic rings. The van der Waals surface area contributed by atoms with Crippen LogP contribution in [0.25, 0.3) is 33.4 Å². The molecule has 0 aromatic heterocycles. The molecule has 1 saturated heterocycles. The summed E-state index contributed by atoms with van der Waals surface area (Å²) in [5.74, 6) is 1.02. The van der Waals surface area contributed by atoms with Gasteiger partial charge in [-0.05, 0) is 99.6 Å². The Morgan fingerprint density at radius 2 is 0.839 bits per heavy atom. The molecule has 3 nitrogen and oxygen atoms in total. The van der Waals surface area contributed by atoms with E-state index in [4.69, 9.17) is 4.74 Å². The lowest BCUT2D eigenvalue weighted by atomic mass is 10.00. The molecular weight excluding hydrogens is 701 g/mol. The van der Waals surface area contributed by atoms with Crippen LogP contribution in [-0.4, -0.2) is 11.4 Å². The maximum Gasteiger partial charge on any atom is 0.138 e. The molecule has 3 aliphatic heterocycles. The van der Waals surface area contributed by atoms with E-state index >= 15 is 0 Å². The highest BCUT2D eigenvalue weighted by atomic mass is 32.2. The number of fused-ring (bicyclic) bond motifs is 7. The van der Waals surface area contributed by atoms with Crippen LogP contribution in [0, 0.1) is 0 Å². The monoisotopic (exact) mass is 738 g/mol. The summed E-state index contributed by atoms with van der Waals surface area (Å²) in [6, 6.07) is 75.0. The van der Waals surface area contributed by atoms with Crippen molar-refractivity contribution in [1.82, 2.24) is 0 Å². The van der Waals surface area contributed by atoms with Gasteiger partial charge in [0.25, 0.3) is 0 Å². The minimum atomic E-state index is 0.109. The third kappa shape index (κ3) is 5.60. The van der Waals surface area contributed by atoms with Crippen molar-refractivity contribution in [1.29, 1.82) is 0 Å².